The monoisotopic (exact) mass is 496 g/mol. The van der Waals surface area contributed by atoms with Gasteiger partial charge in [0.1, 0.15) is 36.8 Å². The first-order valence-electron chi connectivity index (χ1n) is 12.1. The Balaban J connectivity index is 1.13. The Hall–Kier alpha value is -1.79. The molecule has 0 radical (unpaired) electrons. The maximum atomic E-state index is 11.7. The predicted octanol–water partition coefficient (Wildman–Crippen LogP) is 2.67. The fraction of sp³-hybridized carbons (Fsp3) is 0.720. The normalized spacial score (nSPS) is 30.5. The quantitative estimate of drug-likeness (QED) is 0.336. The smallest absolute Gasteiger partial charge is 0.338 e. The first-order valence-corrected chi connectivity index (χ1v) is 12.1. The third-order valence-corrected chi connectivity index (χ3v) is 5.77. The molecular formula is C25H36O10. The van der Waals surface area contributed by atoms with Gasteiger partial charge in [0.15, 0.2) is 17.9 Å². The van der Waals surface area contributed by atoms with Gasteiger partial charge in [0, 0.05) is 0 Å². The molecule has 4 rings (SSSR count). The van der Waals surface area contributed by atoms with Crippen LogP contribution >= 0.6 is 0 Å². The molecule has 0 aliphatic carbocycles. The number of carbonyl (C=O) groups is 1. The Labute approximate surface area is 206 Å². The standard InChI is InChI=1S/C25H36O10/c1-6-29-22(26)16-7-9-17(10-8-16)30-14-13-27-11-12-28-15-18-19-20(33-24(2,3)32-19)21-23(31-18)35-25(4,5)34-21/h7-10,18-21,23H,6,11-15H2,1-5H3/t18-,19+,20+,21-,23-/m1/s1. The van der Waals surface area contributed by atoms with Crippen molar-refractivity contribution in [1.82, 2.24) is 0 Å². The van der Waals surface area contributed by atoms with Gasteiger partial charge in [-0.25, -0.2) is 4.79 Å². The van der Waals surface area contributed by atoms with Gasteiger partial charge in [-0.3, -0.25) is 0 Å². The van der Waals surface area contributed by atoms with Crippen LogP contribution in [0.15, 0.2) is 24.3 Å². The molecule has 0 amide bonds. The summed E-state index contributed by atoms with van der Waals surface area (Å²) in [5.41, 5.74) is 0.491. The minimum absolute atomic E-state index is 0.293. The van der Waals surface area contributed by atoms with Crippen molar-refractivity contribution in [1.29, 1.82) is 0 Å². The second kappa shape index (κ2) is 11.1. The van der Waals surface area contributed by atoms with Gasteiger partial charge in [-0.05, 0) is 58.9 Å². The van der Waals surface area contributed by atoms with Gasteiger partial charge in [0.2, 0.25) is 0 Å². The van der Waals surface area contributed by atoms with Gasteiger partial charge >= 0.3 is 5.97 Å². The maximum Gasteiger partial charge on any atom is 0.338 e. The van der Waals surface area contributed by atoms with Crippen LogP contribution in [0.2, 0.25) is 0 Å². The number of fused-ring (bicyclic) bond motifs is 3. The molecule has 1 aromatic carbocycles. The molecule has 0 unspecified atom stereocenters. The lowest BCUT2D eigenvalue weighted by molar-refractivity contribution is -0.243. The minimum atomic E-state index is -0.745. The molecule has 35 heavy (non-hydrogen) atoms. The zero-order valence-corrected chi connectivity index (χ0v) is 21.0. The molecule has 3 saturated heterocycles. The maximum absolute atomic E-state index is 11.7. The van der Waals surface area contributed by atoms with Crippen LogP contribution in [0.4, 0.5) is 0 Å². The Morgan fingerprint density at radius 1 is 0.829 bits per heavy atom. The molecule has 3 fully saturated rings. The number of hydrogen-bond acceptors (Lipinski definition) is 10. The van der Waals surface area contributed by atoms with Gasteiger partial charge in [-0.1, -0.05) is 0 Å². The first-order chi connectivity index (χ1) is 16.7. The highest BCUT2D eigenvalue weighted by molar-refractivity contribution is 5.89. The highest BCUT2D eigenvalue weighted by atomic mass is 16.9. The summed E-state index contributed by atoms with van der Waals surface area (Å²) >= 11 is 0. The number of carbonyl (C=O) groups excluding carboxylic acids is 1. The van der Waals surface area contributed by atoms with E-state index in [2.05, 4.69) is 0 Å². The molecule has 3 aliphatic rings. The van der Waals surface area contributed by atoms with E-state index in [1.54, 1.807) is 31.2 Å². The van der Waals surface area contributed by atoms with Crippen molar-refractivity contribution in [2.45, 2.75) is 76.9 Å². The van der Waals surface area contributed by atoms with Crippen LogP contribution in [-0.4, -0.2) is 87.9 Å². The van der Waals surface area contributed by atoms with Gasteiger partial charge in [0.25, 0.3) is 0 Å². The lowest BCUT2D eigenvalue weighted by Gasteiger charge is -2.37. The summed E-state index contributed by atoms with van der Waals surface area (Å²) in [5.74, 6) is -1.17. The van der Waals surface area contributed by atoms with Crippen LogP contribution in [0.3, 0.4) is 0 Å². The highest BCUT2D eigenvalue weighted by Crippen LogP contribution is 2.44. The molecule has 0 bridgehead atoms. The molecule has 10 heteroatoms. The summed E-state index contributed by atoms with van der Waals surface area (Å²) in [4.78, 5) is 11.7. The highest BCUT2D eigenvalue weighted by Gasteiger charge is 2.60. The van der Waals surface area contributed by atoms with Gasteiger partial charge in [0.05, 0.1) is 38.6 Å². The number of hydrogen-bond donors (Lipinski definition) is 0. The van der Waals surface area contributed by atoms with Crippen molar-refractivity contribution < 1.29 is 47.4 Å². The van der Waals surface area contributed by atoms with E-state index in [0.29, 0.717) is 51.0 Å². The van der Waals surface area contributed by atoms with Crippen molar-refractivity contribution in [3.63, 3.8) is 0 Å². The van der Waals surface area contributed by atoms with Crippen molar-refractivity contribution in [2.75, 3.05) is 39.6 Å². The number of esters is 1. The Morgan fingerprint density at radius 2 is 1.46 bits per heavy atom. The molecule has 196 valence electrons. The fourth-order valence-corrected chi connectivity index (χ4v) is 4.37. The Kier molecular flexibility index (Phi) is 8.32. The lowest BCUT2D eigenvalue weighted by Crippen LogP contribution is -2.56. The van der Waals surface area contributed by atoms with E-state index in [1.165, 1.54) is 0 Å². The lowest BCUT2D eigenvalue weighted by atomic mass is 9.99. The molecule has 0 spiro atoms. The van der Waals surface area contributed by atoms with Crippen molar-refractivity contribution in [3.8, 4) is 5.75 Å². The Bertz CT molecular complexity index is 839. The average Bonchev–Trinajstić information content (AvgIpc) is 3.30. The van der Waals surface area contributed by atoms with Crippen LogP contribution < -0.4 is 4.74 Å². The van der Waals surface area contributed by atoms with Crippen molar-refractivity contribution >= 4 is 5.97 Å². The van der Waals surface area contributed by atoms with Gasteiger partial charge in [-0.15, -0.1) is 0 Å². The van der Waals surface area contributed by atoms with Gasteiger partial charge < -0.3 is 42.6 Å². The number of ether oxygens (including phenoxy) is 9. The molecule has 0 saturated carbocycles. The van der Waals surface area contributed by atoms with E-state index >= 15 is 0 Å². The summed E-state index contributed by atoms with van der Waals surface area (Å²) in [7, 11) is 0. The largest absolute Gasteiger partial charge is 0.491 e. The average molecular weight is 497 g/mol. The third-order valence-electron chi connectivity index (χ3n) is 5.77. The second-order valence-electron chi connectivity index (χ2n) is 9.49. The molecule has 0 aromatic heterocycles. The van der Waals surface area contributed by atoms with E-state index in [0.717, 1.165) is 0 Å². The second-order valence-corrected chi connectivity index (χ2v) is 9.49. The first kappa shape index (κ1) is 26.3. The topological polar surface area (TPSA) is 100 Å². The fourth-order valence-electron chi connectivity index (χ4n) is 4.37. The van der Waals surface area contributed by atoms with E-state index in [4.69, 9.17) is 42.6 Å². The van der Waals surface area contributed by atoms with E-state index < -0.39 is 17.9 Å². The number of rotatable bonds is 11. The zero-order valence-electron chi connectivity index (χ0n) is 21.0. The van der Waals surface area contributed by atoms with E-state index in [9.17, 15) is 4.79 Å². The summed E-state index contributed by atoms with van der Waals surface area (Å²) < 4.78 is 52.2. The van der Waals surface area contributed by atoms with Crippen LogP contribution in [0.5, 0.6) is 5.75 Å². The van der Waals surface area contributed by atoms with Crippen LogP contribution in [0.25, 0.3) is 0 Å². The third kappa shape index (κ3) is 6.71. The van der Waals surface area contributed by atoms with Crippen LogP contribution in [0, 0.1) is 0 Å². The molecule has 3 aliphatic heterocycles. The summed E-state index contributed by atoms with van der Waals surface area (Å²) in [6.45, 7) is 11.5. The van der Waals surface area contributed by atoms with Gasteiger partial charge in [-0.2, -0.15) is 0 Å². The molecule has 1 aromatic rings. The molecule has 10 nitrogen and oxygen atoms in total. The van der Waals surface area contributed by atoms with Crippen molar-refractivity contribution in [2.24, 2.45) is 0 Å². The molecular weight excluding hydrogens is 460 g/mol. The molecule has 5 atom stereocenters. The summed E-state index contributed by atoms with van der Waals surface area (Å²) in [6.07, 6.45) is -1.83. The van der Waals surface area contributed by atoms with Crippen LogP contribution in [0.1, 0.15) is 45.0 Å². The molecule has 3 heterocycles. The minimum Gasteiger partial charge on any atom is -0.491 e. The van der Waals surface area contributed by atoms with E-state index in [-0.39, 0.29) is 30.4 Å². The van der Waals surface area contributed by atoms with Crippen molar-refractivity contribution in [3.05, 3.63) is 29.8 Å². The summed E-state index contributed by atoms with van der Waals surface area (Å²) in [6, 6.07) is 6.81. The van der Waals surface area contributed by atoms with Crippen LogP contribution in [-0.2, 0) is 37.9 Å². The number of benzene rings is 1. The SMILES string of the molecule is CCOC(=O)c1ccc(OCCOCCOC[C@H]2O[C@@H]3OC(C)(C)O[C@@H]3[C@H]3OC(C)(C)O[C@H]32)cc1. The zero-order chi connectivity index (χ0) is 25.1. The predicted molar refractivity (Wildman–Crippen MR) is 122 cm³/mol. The summed E-state index contributed by atoms with van der Waals surface area (Å²) in [5, 5.41) is 0. The Morgan fingerprint density at radius 3 is 2.20 bits per heavy atom. The van der Waals surface area contributed by atoms with E-state index in [1.807, 2.05) is 27.7 Å². The molecule has 0 N–H and O–H groups in total.